The molecule has 1 saturated carbocycles. The van der Waals surface area contributed by atoms with Gasteiger partial charge in [0.05, 0.1) is 6.10 Å². The number of halogens is 2. The lowest BCUT2D eigenvalue weighted by Gasteiger charge is -2.33. The summed E-state index contributed by atoms with van der Waals surface area (Å²) in [6.07, 6.45) is 7.08. The Bertz CT molecular complexity index is 434. The van der Waals surface area contributed by atoms with Gasteiger partial charge in [0.25, 0.3) is 0 Å². The second-order valence-electron chi connectivity index (χ2n) is 5.70. The quantitative estimate of drug-likeness (QED) is 0.875. The molecule has 0 spiro atoms. The van der Waals surface area contributed by atoms with Crippen LogP contribution < -0.4 is 5.73 Å². The normalized spacial score (nSPS) is 19.8. The Morgan fingerprint density at radius 3 is 2.65 bits per heavy atom. The van der Waals surface area contributed by atoms with Crippen LogP contribution in [0, 0.1) is 11.7 Å². The van der Waals surface area contributed by atoms with E-state index in [0.29, 0.717) is 12.3 Å². The molecule has 2 atom stereocenters. The van der Waals surface area contributed by atoms with Crippen molar-refractivity contribution in [3.8, 4) is 0 Å². The van der Waals surface area contributed by atoms with Gasteiger partial charge in [-0.05, 0) is 42.9 Å². The van der Waals surface area contributed by atoms with E-state index in [0.717, 1.165) is 10.0 Å². The maximum absolute atomic E-state index is 13.1. The first-order valence-corrected chi connectivity index (χ1v) is 8.13. The molecular weight excluding hydrogens is 321 g/mol. The van der Waals surface area contributed by atoms with Gasteiger partial charge in [-0.2, -0.15) is 0 Å². The SMILES string of the molecule is COC(C(N)Cc1ccc(F)cc1Br)C1CCCCC1. The van der Waals surface area contributed by atoms with E-state index in [4.69, 9.17) is 10.5 Å². The van der Waals surface area contributed by atoms with E-state index in [-0.39, 0.29) is 18.0 Å². The molecule has 2 unspecified atom stereocenters. The molecule has 20 heavy (non-hydrogen) atoms. The molecule has 1 aromatic carbocycles. The van der Waals surface area contributed by atoms with Crippen LogP contribution in [-0.2, 0) is 11.2 Å². The number of hydrogen-bond acceptors (Lipinski definition) is 2. The molecular formula is C16H23BrFNO. The predicted octanol–water partition coefficient (Wildman–Crippen LogP) is 4.05. The molecule has 2 rings (SSSR count). The Morgan fingerprint density at radius 1 is 1.35 bits per heavy atom. The summed E-state index contributed by atoms with van der Waals surface area (Å²) in [7, 11) is 1.75. The van der Waals surface area contributed by atoms with Gasteiger partial charge in [-0.3, -0.25) is 0 Å². The standard InChI is InChI=1S/C16H23BrFNO/c1-20-16(11-5-3-2-4-6-11)15(19)9-12-7-8-13(18)10-14(12)17/h7-8,10-11,15-16H,2-6,9,19H2,1H3. The van der Waals surface area contributed by atoms with Gasteiger partial charge >= 0.3 is 0 Å². The first kappa shape index (κ1) is 15.9. The summed E-state index contributed by atoms with van der Waals surface area (Å²) in [6, 6.07) is 4.72. The van der Waals surface area contributed by atoms with Gasteiger partial charge in [0, 0.05) is 17.6 Å². The van der Waals surface area contributed by atoms with Crippen LogP contribution in [0.4, 0.5) is 4.39 Å². The van der Waals surface area contributed by atoms with Crippen molar-refractivity contribution in [2.45, 2.75) is 50.7 Å². The summed E-state index contributed by atoms with van der Waals surface area (Å²) in [5, 5.41) is 0. The van der Waals surface area contributed by atoms with Crippen molar-refractivity contribution in [3.63, 3.8) is 0 Å². The highest BCUT2D eigenvalue weighted by Gasteiger charge is 2.28. The van der Waals surface area contributed by atoms with Crippen molar-refractivity contribution in [1.29, 1.82) is 0 Å². The van der Waals surface area contributed by atoms with Crippen LogP contribution in [-0.4, -0.2) is 19.3 Å². The van der Waals surface area contributed by atoms with E-state index in [1.807, 2.05) is 0 Å². The van der Waals surface area contributed by atoms with Gasteiger partial charge in [0.15, 0.2) is 0 Å². The Kier molecular flexibility index (Phi) is 6.00. The summed E-state index contributed by atoms with van der Waals surface area (Å²) in [4.78, 5) is 0. The Hall–Kier alpha value is -0.450. The monoisotopic (exact) mass is 343 g/mol. The van der Waals surface area contributed by atoms with E-state index in [2.05, 4.69) is 15.9 Å². The molecule has 0 aliphatic heterocycles. The molecule has 0 aromatic heterocycles. The first-order chi connectivity index (χ1) is 9.61. The Labute approximate surface area is 129 Å². The number of methoxy groups -OCH3 is 1. The van der Waals surface area contributed by atoms with E-state index in [1.54, 1.807) is 13.2 Å². The average Bonchev–Trinajstić information content (AvgIpc) is 2.44. The maximum Gasteiger partial charge on any atom is 0.124 e. The second-order valence-corrected chi connectivity index (χ2v) is 6.56. The molecule has 2 N–H and O–H groups in total. The fraction of sp³-hybridized carbons (Fsp3) is 0.625. The lowest BCUT2D eigenvalue weighted by atomic mass is 9.81. The highest BCUT2D eigenvalue weighted by atomic mass is 79.9. The largest absolute Gasteiger partial charge is 0.380 e. The topological polar surface area (TPSA) is 35.2 Å². The van der Waals surface area contributed by atoms with Crippen molar-refractivity contribution in [1.82, 2.24) is 0 Å². The molecule has 0 bridgehead atoms. The van der Waals surface area contributed by atoms with Gasteiger partial charge in [-0.1, -0.05) is 41.3 Å². The Morgan fingerprint density at radius 2 is 2.05 bits per heavy atom. The molecule has 0 heterocycles. The number of rotatable bonds is 5. The smallest absolute Gasteiger partial charge is 0.124 e. The molecule has 0 saturated heterocycles. The van der Waals surface area contributed by atoms with Crippen molar-refractivity contribution in [2.75, 3.05) is 7.11 Å². The minimum Gasteiger partial charge on any atom is -0.380 e. The van der Waals surface area contributed by atoms with Gasteiger partial charge in [-0.25, -0.2) is 4.39 Å². The molecule has 0 amide bonds. The lowest BCUT2D eigenvalue weighted by Crippen LogP contribution is -2.43. The van der Waals surface area contributed by atoms with Crippen molar-refractivity contribution in [3.05, 3.63) is 34.1 Å². The third-order valence-electron chi connectivity index (χ3n) is 4.28. The van der Waals surface area contributed by atoms with Crippen LogP contribution in [0.2, 0.25) is 0 Å². The molecule has 112 valence electrons. The highest BCUT2D eigenvalue weighted by Crippen LogP contribution is 2.30. The zero-order valence-electron chi connectivity index (χ0n) is 11.9. The average molecular weight is 344 g/mol. The fourth-order valence-corrected chi connectivity index (χ4v) is 3.75. The van der Waals surface area contributed by atoms with Crippen LogP contribution in [0.25, 0.3) is 0 Å². The third-order valence-corrected chi connectivity index (χ3v) is 5.02. The number of nitrogens with two attached hydrogens (primary N) is 1. The fourth-order valence-electron chi connectivity index (χ4n) is 3.24. The molecule has 1 aliphatic carbocycles. The number of ether oxygens (including phenoxy) is 1. The van der Waals surface area contributed by atoms with Crippen molar-refractivity contribution in [2.24, 2.45) is 11.7 Å². The van der Waals surface area contributed by atoms with E-state index < -0.39 is 0 Å². The zero-order valence-corrected chi connectivity index (χ0v) is 13.5. The first-order valence-electron chi connectivity index (χ1n) is 7.34. The third kappa shape index (κ3) is 4.03. The van der Waals surface area contributed by atoms with E-state index in [1.165, 1.54) is 44.2 Å². The summed E-state index contributed by atoms with van der Waals surface area (Å²) in [5.41, 5.74) is 7.40. The van der Waals surface area contributed by atoms with Crippen molar-refractivity contribution >= 4 is 15.9 Å². The molecule has 1 fully saturated rings. The summed E-state index contributed by atoms with van der Waals surface area (Å²) >= 11 is 3.41. The molecule has 1 aliphatic rings. The minimum atomic E-state index is -0.232. The van der Waals surface area contributed by atoms with Crippen LogP contribution in [0.15, 0.2) is 22.7 Å². The van der Waals surface area contributed by atoms with Crippen molar-refractivity contribution < 1.29 is 9.13 Å². The van der Waals surface area contributed by atoms with Crippen LogP contribution in [0.3, 0.4) is 0 Å². The summed E-state index contributed by atoms with van der Waals surface area (Å²) in [6.45, 7) is 0. The van der Waals surface area contributed by atoms with Gasteiger partial charge < -0.3 is 10.5 Å². The number of benzene rings is 1. The van der Waals surface area contributed by atoms with E-state index >= 15 is 0 Å². The summed E-state index contributed by atoms with van der Waals surface area (Å²) in [5.74, 6) is 0.327. The predicted molar refractivity (Wildman–Crippen MR) is 83.2 cm³/mol. The molecule has 0 radical (unpaired) electrons. The zero-order chi connectivity index (χ0) is 14.5. The highest BCUT2D eigenvalue weighted by molar-refractivity contribution is 9.10. The number of hydrogen-bond donors (Lipinski definition) is 1. The van der Waals surface area contributed by atoms with Crippen LogP contribution >= 0.6 is 15.9 Å². The van der Waals surface area contributed by atoms with Crippen LogP contribution in [0.5, 0.6) is 0 Å². The lowest BCUT2D eigenvalue weighted by molar-refractivity contribution is 0.0178. The van der Waals surface area contributed by atoms with Gasteiger partial charge in [-0.15, -0.1) is 0 Å². The van der Waals surface area contributed by atoms with Crippen LogP contribution in [0.1, 0.15) is 37.7 Å². The Balaban J connectivity index is 2.02. The van der Waals surface area contributed by atoms with Gasteiger partial charge in [0.2, 0.25) is 0 Å². The minimum absolute atomic E-state index is 0.0511. The molecule has 4 heteroatoms. The molecule has 1 aromatic rings. The van der Waals surface area contributed by atoms with Gasteiger partial charge in [0.1, 0.15) is 5.82 Å². The summed E-state index contributed by atoms with van der Waals surface area (Å²) < 4.78 is 19.6. The maximum atomic E-state index is 13.1. The van der Waals surface area contributed by atoms with E-state index in [9.17, 15) is 4.39 Å². The second kappa shape index (κ2) is 7.53. The molecule has 2 nitrogen and oxygen atoms in total.